The monoisotopic (exact) mass is 323 g/mol. The summed E-state index contributed by atoms with van der Waals surface area (Å²) in [6.45, 7) is 0.439. The molecule has 0 spiro atoms. The number of nitrogens with two attached hydrogens (primary N) is 1. The number of rotatable bonds is 5. The summed E-state index contributed by atoms with van der Waals surface area (Å²) >= 11 is 0. The highest BCUT2D eigenvalue weighted by Crippen LogP contribution is 2.15. The molecule has 0 saturated carbocycles. The predicted octanol–water partition coefficient (Wildman–Crippen LogP) is 1.80. The van der Waals surface area contributed by atoms with Gasteiger partial charge in [-0.3, -0.25) is 9.59 Å². The Hall–Kier alpha value is -3.15. The lowest BCUT2D eigenvalue weighted by Crippen LogP contribution is -2.28. The van der Waals surface area contributed by atoms with Crippen LogP contribution in [0.15, 0.2) is 59.7 Å². The number of benzene rings is 2. The van der Waals surface area contributed by atoms with Crippen molar-refractivity contribution >= 4 is 17.5 Å². The van der Waals surface area contributed by atoms with Crippen LogP contribution in [0.3, 0.4) is 0 Å². The zero-order valence-corrected chi connectivity index (χ0v) is 13.0. The third kappa shape index (κ3) is 3.60. The fourth-order valence-electron chi connectivity index (χ4n) is 2.41. The highest BCUT2D eigenvalue weighted by molar-refractivity contribution is 6.02. The molecule has 2 aromatic carbocycles. The molecule has 0 atom stereocenters. The third-order valence-electron chi connectivity index (χ3n) is 3.70. The molecule has 0 fully saturated rings. The summed E-state index contributed by atoms with van der Waals surface area (Å²) in [5.74, 6) is -0.211. The van der Waals surface area contributed by atoms with E-state index in [1.807, 2.05) is 30.3 Å². The van der Waals surface area contributed by atoms with Gasteiger partial charge in [0.25, 0.3) is 5.91 Å². The van der Waals surface area contributed by atoms with E-state index in [-0.39, 0.29) is 12.5 Å². The van der Waals surface area contributed by atoms with E-state index in [9.17, 15) is 9.59 Å². The van der Waals surface area contributed by atoms with Crippen LogP contribution in [0.1, 0.15) is 22.3 Å². The molecule has 2 aromatic rings. The van der Waals surface area contributed by atoms with Crippen LogP contribution in [0, 0.1) is 0 Å². The first-order valence-electron chi connectivity index (χ1n) is 7.59. The van der Waals surface area contributed by atoms with Crippen molar-refractivity contribution in [3.05, 3.63) is 65.7 Å². The molecule has 122 valence electrons. The van der Waals surface area contributed by atoms with Crippen molar-refractivity contribution in [2.75, 3.05) is 13.2 Å². The second kappa shape index (κ2) is 6.95. The average molecular weight is 323 g/mol. The molecular formula is C18H17N3O3. The number of primary amides is 1. The van der Waals surface area contributed by atoms with E-state index in [0.29, 0.717) is 17.9 Å². The Kier molecular flexibility index (Phi) is 4.56. The Morgan fingerprint density at radius 1 is 1.08 bits per heavy atom. The van der Waals surface area contributed by atoms with Gasteiger partial charge in [-0.15, -0.1) is 0 Å². The number of hydrazone groups is 1. The molecule has 3 rings (SSSR count). The topological polar surface area (TPSA) is 85.0 Å². The molecule has 0 saturated heterocycles. The van der Waals surface area contributed by atoms with E-state index < -0.39 is 5.91 Å². The molecule has 1 aliphatic heterocycles. The van der Waals surface area contributed by atoms with Crippen LogP contribution in [-0.4, -0.2) is 35.7 Å². The molecule has 0 aromatic heterocycles. The first-order valence-corrected chi connectivity index (χ1v) is 7.59. The summed E-state index contributed by atoms with van der Waals surface area (Å²) in [5, 5.41) is 5.80. The zero-order valence-electron chi connectivity index (χ0n) is 13.0. The fourth-order valence-corrected chi connectivity index (χ4v) is 2.41. The van der Waals surface area contributed by atoms with Gasteiger partial charge >= 0.3 is 0 Å². The van der Waals surface area contributed by atoms with Crippen molar-refractivity contribution in [2.45, 2.75) is 6.42 Å². The smallest absolute Gasteiger partial charge is 0.280 e. The first-order chi connectivity index (χ1) is 11.6. The number of carbonyl (C=O) groups excluding carboxylic acids is 2. The van der Waals surface area contributed by atoms with Crippen molar-refractivity contribution in [1.82, 2.24) is 5.01 Å². The Morgan fingerprint density at radius 3 is 2.46 bits per heavy atom. The van der Waals surface area contributed by atoms with Crippen molar-refractivity contribution in [3.63, 3.8) is 0 Å². The van der Waals surface area contributed by atoms with Gasteiger partial charge in [0.2, 0.25) is 5.91 Å². The van der Waals surface area contributed by atoms with Crippen LogP contribution >= 0.6 is 0 Å². The number of hydrogen-bond donors (Lipinski definition) is 1. The second-order valence-corrected chi connectivity index (χ2v) is 5.36. The van der Waals surface area contributed by atoms with Gasteiger partial charge in [0.1, 0.15) is 5.75 Å². The number of carbonyl (C=O) groups is 2. The van der Waals surface area contributed by atoms with Gasteiger partial charge in [0, 0.05) is 12.0 Å². The number of hydrogen-bond acceptors (Lipinski definition) is 4. The maximum Gasteiger partial charge on any atom is 0.280 e. The van der Waals surface area contributed by atoms with Crippen LogP contribution < -0.4 is 10.5 Å². The summed E-state index contributed by atoms with van der Waals surface area (Å²) in [5.41, 5.74) is 7.49. The molecule has 6 heteroatoms. The molecule has 0 radical (unpaired) electrons. The lowest BCUT2D eigenvalue weighted by atomic mass is 10.1. The second-order valence-electron chi connectivity index (χ2n) is 5.36. The van der Waals surface area contributed by atoms with Gasteiger partial charge in [-0.05, 0) is 29.8 Å². The number of ether oxygens (including phenoxy) is 1. The minimum absolute atomic E-state index is 0.110. The minimum atomic E-state index is -0.502. The molecule has 2 N–H and O–H groups in total. The maximum atomic E-state index is 12.2. The van der Waals surface area contributed by atoms with Gasteiger partial charge in [-0.25, -0.2) is 5.01 Å². The Balaban J connectivity index is 1.58. The van der Waals surface area contributed by atoms with Gasteiger partial charge < -0.3 is 10.5 Å². The van der Waals surface area contributed by atoms with E-state index in [1.54, 1.807) is 24.3 Å². The standard InChI is InChI=1S/C18H17N3O3/c19-18(23)14-6-8-15(9-7-14)24-12-17(22)21-11-10-16(20-21)13-4-2-1-3-5-13/h1-9H,10-12H2,(H2,19,23). The molecule has 0 unspecified atom stereocenters. The molecule has 24 heavy (non-hydrogen) atoms. The molecule has 1 heterocycles. The molecular weight excluding hydrogens is 306 g/mol. The molecule has 2 amide bonds. The quantitative estimate of drug-likeness (QED) is 0.910. The largest absolute Gasteiger partial charge is 0.484 e. The van der Waals surface area contributed by atoms with Crippen LogP contribution in [0.4, 0.5) is 0 Å². The number of amides is 2. The van der Waals surface area contributed by atoms with Gasteiger partial charge in [0.15, 0.2) is 6.61 Å². The van der Waals surface area contributed by atoms with E-state index in [1.165, 1.54) is 5.01 Å². The average Bonchev–Trinajstić information content (AvgIpc) is 3.11. The van der Waals surface area contributed by atoms with E-state index in [4.69, 9.17) is 10.5 Å². The Labute approximate surface area is 139 Å². The van der Waals surface area contributed by atoms with E-state index >= 15 is 0 Å². The lowest BCUT2D eigenvalue weighted by molar-refractivity contribution is -0.132. The Morgan fingerprint density at radius 2 is 1.79 bits per heavy atom. The molecule has 1 aliphatic rings. The fraction of sp³-hybridized carbons (Fsp3) is 0.167. The first kappa shape index (κ1) is 15.7. The SMILES string of the molecule is NC(=O)c1ccc(OCC(=O)N2CCC(c3ccccc3)=N2)cc1. The van der Waals surface area contributed by atoms with Crippen LogP contribution in [0.5, 0.6) is 5.75 Å². The van der Waals surface area contributed by atoms with Crippen LogP contribution in [-0.2, 0) is 4.79 Å². The van der Waals surface area contributed by atoms with E-state index in [2.05, 4.69) is 5.10 Å². The highest BCUT2D eigenvalue weighted by atomic mass is 16.5. The summed E-state index contributed by atoms with van der Waals surface area (Å²) in [4.78, 5) is 23.2. The summed E-state index contributed by atoms with van der Waals surface area (Å²) in [6.07, 6.45) is 0.725. The van der Waals surface area contributed by atoms with Gasteiger partial charge in [-0.1, -0.05) is 30.3 Å². The lowest BCUT2D eigenvalue weighted by Gasteiger charge is -2.12. The van der Waals surface area contributed by atoms with Gasteiger partial charge in [0.05, 0.1) is 12.3 Å². The molecule has 6 nitrogen and oxygen atoms in total. The maximum absolute atomic E-state index is 12.2. The highest BCUT2D eigenvalue weighted by Gasteiger charge is 2.21. The number of nitrogens with zero attached hydrogens (tertiary/aromatic N) is 2. The normalized spacial score (nSPS) is 13.5. The van der Waals surface area contributed by atoms with Crippen LogP contribution in [0.2, 0.25) is 0 Å². The summed E-state index contributed by atoms with van der Waals surface area (Å²) in [6, 6.07) is 16.1. The third-order valence-corrected chi connectivity index (χ3v) is 3.70. The Bertz CT molecular complexity index is 770. The van der Waals surface area contributed by atoms with Crippen LogP contribution in [0.25, 0.3) is 0 Å². The van der Waals surface area contributed by atoms with Crippen molar-refractivity contribution in [2.24, 2.45) is 10.8 Å². The van der Waals surface area contributed by atoms with Crippen molar-refractivity contribution in [3.8, 4) is 5.75 Å². The van der Waals surface area contributed by atoms with Crippen molar-refractivity contribution in [1.29, 1.82) is 0 Å². The molecule has 0 bridgehead atoms. The minimum Gasteiger partial charge on any atom is -0.484 e. The molecule has 0 aliphatic carbocycles. The summed E-state index contributed by atoms with van der Waals surface area (Å²) < 4.78 is 5.44. The van der Waals surface area contributed by atoms with E-state index in [0.717, 1.165) is 17.7 Å². The van der Waals surface area contributed by atoms with Gasteiger partial charge in [-0.2, -0.15) is 5.10 Å². The van der Waals surface area contributed by atoms with Crippen molar-refractivity contribution < 1.29 is 14.3 Å². The predicted molar refractivity (Wildman–Crippen MR) is 89.8 cm³/mol. The summed E-state index contributed by atoms with van der Waals surface area (Å²) in [7, 11) is 0. The zero-order chi connectivity index (χ0) is 16.9.